The van der Waals surface area contributed by atoms with E-state index in [9.17, 15) is 14.4 Å². The molecule has 0 aromatic carbocycles. The van der Waals surface area contributed by atoms with E-state index in [1.807, 2.05) is 0 Å². The summed E-state index contributed by atoms with van der Waals surface area (Å²) in [5.41, 5.74) is 0. The molecule has 2 N–H and O–H groups in total. The minimum Gasteiger partial charge on any atom is -0.445 e. The number of alkyl carbamates (subject to hydrolysis) is 1. The molecule has 1 rings (SSSR count). The van der Waals surface area contributed by atoms with E-state index < -0.39 is 18.2 Å². The summed E-state index contributed by atoms with van der Waals surface area (Å²) in [5, 5.41) is 5.05. The molecule has 0 unspecified atom stereocenters. The molecule has 0 aromatic heterocycles. The van der Waals surface area contributed by atoms with E-state index in [0.29, 0.717) is 13.0 Å². The van der Waals surface area contributed by atoms with Gasteiger partial charge < -0.3 is 20.1 Å². The van der Waals surface area contributed by atoms with Crippen LogP contribution in [0.15, 0.2) is 25.3 Å². The third-order valence-electron chi connectivity index (χ3n) is 3.17. The Kier molecular flexibility index (Phi) is 8.77. The zero-order valence-corrected chi connectivity index (χ0v) is 14.3. The quantitative estimate of drug-likeness (QED) is 0.338. The van der Waals surface area contributed by atoms with Gasteiger partial charge in [-0.25, -0.2) is 9.59 Å². The normalized spacial score (nSPS) is 19.3. The molecule has 1 heterocycles. The average Bonchev–Trinajstić information content (AvgIpc) is 2.96. The maximum absolute atomic E-state index is 12.2. The number of amides is 3. The predicted molar refractivity (Wildman–Crippen MR) is 92.0 cm³/mol. The van der Waals surface area contributed by atoms with Crippen LogP contribution in [0.1, 0.15) is 6.42 Å². The van der Waals surface area contributed by atoms with Crippen molar-refractivity contribution in [2.45, 2.75) is 17.7 Å². The second kappa shape index (κ2) is 10.6. The van der Waals surface area contributed by atoms with Gasteiger partial charge in [0.1, 0.15) is 19.3 Å². The Morgan fingerprint density at radius 1 is 1.12 bits per heavy atom. The van der Waals surface area contributed by atoms with Gasteiger partial charge in [0.2, 0.25) is 5.91 Å². The van der Waals surface area contributed by atoms with Gasteiger partial charge in [0.15, 0.2) is 0 Å². The fraction of sp³-hybridized carbons (Fsp3) is 0.533. The van der Waals surface area contributed by atoms with Crippen molar-refractivity contribution in [2.24, 2.45) is 0 Å². The van der Waals surface area contributed by atoms with Gasteiger partial charge in [-0.2, -0.15) is 12.6 Å². The molecule has 2 atom stereocenters. The first kappa shape index (κ1) is 19.9. The highest BCUT2D eigenvalue weighted by atomic mass is 32.1. The maximum atomic E-state index is 12.2. The van der Waals surface area contributed by atoms with Crippen molar-refractivity contribution in [1.82, 2.24) is 15.5 Å². The van der Waals surface area contributed by atoms with E-state index in [0.717, 1.165) is 0 Å². The number of carbonyl (C=O) groups is 3. The zero-order valence-electron chi connectivity index (χ0n) is 13.4. The highest BCUT2D eigenvalue weighted by molar-refractivity contribution is 7.81. The number of hydrogen-bond donors (Lipinski definition) is 3. The molecule has 1 saturated heterocycles. The summed E-state index contributed by atoms with van der Waals surface area (Å²) >= 11 is 4.33. The number of carbonyl (C=O) groups excluding carboxylic acids is 3. The molecule has 0 saturated carbocycles. The van der Waals surface area contributed by atoms with Crippen molar-refractivity contribution in [3.63, 3.8) is 0 Å². The van der Waals surface area contributed by atoms with Crippen molar-refractivity contribution in [3.8, 4) is 0 Å². The van der Waals surface area contributed by atoms with Gasteiger partial charge in [0.25, 0.3) is 0 Å². The molecule has 134 valence electrons. The average molecular weight is 357 g/mol. The fourth-order valence-electron chi connectivity index (χ4n) is 2.13. The van der Waals surface area contributed by atoms with Crippen LogP contribution in [0.2, 0.25) is 0 Å². The molecule has 3 amide bonds. The molecule has 8 nitrogen and oxygen atoms in total. The molecular formula is C15H23N3O5S. The van der Waals surface area contributed by atoms with Gasteiger partial charge in [-0.3, -0.25) is 9.69 Å². The summed E-state index contributed by atoms with van der Waals surface area (Å²) in [6.07, 6.45) is 2.19. The van der Waals surface area contributed by atoms with E-state index in [1.54, 1.807) is 0 Å². The van der Waals surface area contributed by atoms with Crippen LogP contribution < -0.4 is 10.6 Å². The van der Waals surface area contributed by atoms with Gasteiger partial charge in [-0.1, -0.05) is 25.3 Å². The summed E-state index contributed by atoms with van der Waals surface area (Å²) in [7, 11) is 0. The fourth-order valence-corrected chi connectivity index (χ4v) is 2.51. The smallest absolute Gasteiger partial charge is 0.410 e. The first-order chi connectivity index (χ1) is 11.5. The molecule has 0 aromatic rings. The summed E-state index contributed by atoms with van der Waals surface area (Å²) in [6, 6.07) is -0.641. The third kappa shape index (κ3) is 6.53. The van der Waals surface area contributed by atoms with E-state index >= 15 is 0 Å². The molecule has 0 bridgehead atoms. The number of ether oxygens (including phenoxy) is 2. The van der Waals surface area contributed by atoms with Crippen LogP contribution in [0.3, 0.4) is 0 Å². The molecule has 0 aliphatic carbocycles. The molecule has 24 heavy (non-hydrogen) atoms. The lowest BCUT2D eigenvalue weighted by Crippen LogP contribution is -2.47. The van der Waals surface area contributed by atoms with E-state index in [1.165, 1.54) is 17.1 Å². The van der Waals surface area contributed by atoms with Crippen LogP contribution in [-0.2, 0) is 14.3 Å². The molecule has 1 fully saturated rings. The first-order valence-electron chi connectivity index (χ1n) is 7.51. The summed E-state index contributed by atoms with van der Waals surface area (Å²) in [4.78, 5) is 36.7. The SMILES string of the molecule is C=CCOC(=O)NCCNC(=O)[C@@H]1C[C@H](S)CN1C(=O)OCC=C. The minimum absolute atomic E-state index is 0.0810. The van der Waals surface area contributed by atoms with Crippen molar-refractivity contribution < 1.29 is 23.9 Å². The molecular weight excluding hydrogens is 334 g/mol. The second-order valence-electron chi connectivity index (χ2n) is 5.03. The molecule has 9 heteroatoms. The van der Waals surface area contributed by atoms with Crippen molar-refractivity contribution in [3.05, 3.63) is 25.3 Å². The number of thiol groups is 1. The first-order valence-corrected chi connectivity index (χ1v) is 8.02. The monoisotopic (exact) mass is 357 g/mol. The van der Waals surface area contributed by atoms with Crippen LogP contribution in [-0.4, -0.2) is 67.1 Å². The van der Waals surface area contributed by atoms with Crippen molar-refractivity contribution in [2.75, 3.05) is 32.8 Å². The predicted octanol–water partition coefficient (Wildman–Crippen LogP) is 0.710. The summed E-state index contributed by atoms with van der Waals surface area (Å²) < 4.78 is 9.70. The molecule has 1 aliphatic heterocycles. The van der Waals surface area contributed by atoms with Crippen molar-refractivity contribution in [1.29, 1.82) is 0 Å². The number of likely N-dealkylation sites (tertiary alicyclic amines) is 1. The van der Waals surface area contributed by atoms with Crippen LogP contribution in [0, 0.1) is 0 Å². The Morgan fingerprint density at radius 2 is 1.75 bits per heavy atom. The number of nitrogens with zero attached hydrogens (tertiary/aromatic N) is 1. The van der Waals surface area contributed by atoms with Gasteiger partial charge >= 0.3 is 12.2 Å². The van der Waals surface area contributed by atoms with Gasteiger partial charge in [-0.15, -0.1) is 0 Å². The Hall–Kier alpha value is -2.16. The standard InChI is InChI=1S/C15H23N3O5S/c1-3-7-22-14(20)17-6-5-16-13(19)12-9-11(24)10-18(12)15(21)23-8-4-2/h3-4,11-12,24H,1-2,5-10H2,(H,16,19)(H,17,20)/t11-,12-/m0/s1. The number of hydrogen-bond acceptors (Lipinski definition) is 6. The van der Waals surface area contributed by atoms with Crippen LogP contribution >= 0.6 is 12.6 Å². The summed E-state index contributed by atoms with van der Waals surface area (Å²) in [6.45, 7) is 7.85. The van der Waals surface area contributed by atoms with Crippen LogP contribution in [0.25, 0.3) is 0 Å². The highest BCUT2D eigenvalue weighted by Crippen LogP contribution is 2.22. The molecule has 0 radical (unpaired) electrons. The van der Waals surface area contributed by atoms with Crippen molar-refractivity contribution >= 4 is 30.7 Å². The van der Waals surface area contributed by atoms with Gasteiger partial charge in [-0.05, 0) is 6.42 Å². The Balaban J connectivity index is 2.38. The number of rotatable bonds is 8. The minimum atomic E-state index is -0.641. The topological polar surface area (TPSA) is 97.0 Å². The van der Waals surface area contributed by atoms with E-state index in [-0.39, 0.29) is 37.5 Å². The Labute approximate surface area is 146 Å². The van der Waals surface area contributed by atoms with E-state index in [2.05, 4.69) is 36.4 Å². The lowest BCUT2D eigenvalue weighted by molar-refractivity contribution is -0.125. The third-order valence-corrected chi connectivity index (χ3v) is 3.54. The maximum Gasteiger partial charge on any atom is 0.410 e. The zero-order chi connectivity index (χ0) is 17.9. The molecule has 1 aliphatic rings. The molecule has 0 spiro atoms. The van der Waals surface area contributed by atoms with Crippen LogP contribution in [0.4, 0.5) is 9.59 Å². The van der Waals surface area contributed by atoms with Gasteiger partial charge in [0.05, 0.1) is 0 Å². The number of nitrogens with one attached hydrogen (secondary N) is 2. The Bertz CT molecular complexity index is 486. The Morgan fingerprint density at radius 3 is 2.42 bits per heavy atom. The highest BCUT2D eigenvalue weighted by Gasteiger charge is 2.38. The lowest BCUT2D eigenvalue weighted by Gasteiger charge is -2.22. The largest absolute Gasteiger partial charge is 0.445 e. The summed E-state index contributed by atoms with van der Waals surface area (Å²) in [5.74, 6) is -0.316. The second-order valence-corrected chi connectivity index (χ2v) is 5.76. The van der Waals surface area contributed by atoms with Crippen LogP contribution in [0.5, 0.6) is 0 Å². The van der Waals surface area contributed by atoms with Gasteiger partial charge in [0, 0.05) is 24.9 Å². The lowest BCUT2D eigenvalue weighted by atomic mass is 10.2. The van der Waals surface area contributed by atoms with E-state index in [4.69, 9.17) is 9.47 Å².